The Kier molecular flexibility index (Phi) is 9.23. The fraction of sp³-hybridized carbons (Fsp3) is 0.550. The first-order valence-corrected chi connectivity index (χ1v) is 9.91. The molecule has 0 aliphatic carbocycles. The van der Waals surface area contributed by atoms with Crippen molar-refractivity contribution in [2.24, 2.45) is 0 Å². The van der Waals surface area contributed by atoms with Gasteiger partial charge in [-0.15, -0.1) is 0 Å². The molecule has 1 aromatic rings. The minimum absolute atomic E-state index is 0.196. The molecule has 9 nitrogen and oxygen atoms in total. The van der Waals surface area contributed by atoms with Crippen molar-refractivity contribution in [2.75, 3.05) is 56.7 Å². The summed E-state index contributed by atoms with van der Waals surface area (Å²) in [4.78, 5) is 38.3. The van der Waals surface area contributed by atoms with Gasteiger partial charge >= 0.3 is 12.0 Å². The van der Waals surface area contributed by atoms with Crippen molar-refractivity contribution in [3.8, 4) is 0 Å². The number of amides is 3. The number of rotatable bonds is 10. The molecule has 160 valence electrons. The van der Waals surface area contributed by atoms with Crippen LogP contribution in [0.1, 0.15) is 36.5 Å². The molecule has 1 saturated heterocycles. The van der Waals surface area contributed by atoms with Crippen molar-refractivity contribution in [3.63, 3.8) is 0 Å². The van der Waals surface area contributed by atoms with Gasteiger partial charge in [-0.2, -0.15) is 0 Å². The minimum atomic E-state index is -0.543. The van der Waals surface area contributed by atoms with Gasteiger partial charge in [0, 0.05) is 44.7 Å². The number of carbonyl (C=O) groups is 3. The molecular formula is C20H30N4O5. The highest BCUT2D eigenvalue weighted by Crippen LogP contribution is 2.27. The minimum Gasteiger partial charge on any atom is -0.465 e. The summed E-state index contributed by atoms with van der Waals surface area (Å²) in [5, 5.41) is 7.98. The number of hydrogen-bond donors (Lipinski definition) is 3. The predicted octanol–water partition coefficient (Wildman–Crippen LogP) is 1.74. The van der Waals surface area contributed by atoms with E-state index in [4.69, 9.17) is 9.47 Å². The summed E-state index contributed by atoms with van der Waals surface area (Å²) in [6.07, 6.45) is 2.89. The highest BCUT2D eigenvalue weighted by Gasteiger charge is 2.20. The number of benzene rings is 1. The third kappa shape index (κ3) is 7.26. The Hall–Kier alpha value is -2.81. The van der Waals surface area contributed by atoms with Gasteiger partial charge in [0.1, 0.15) is 6.54 Å². The average molecular weight is 406 g/mol. The molecule has 3 amide bonds. The molecule has 0 atom stereocenters. The third-order valence-corrected chi connectivity index (χ3v) is 4.46. The van der Waals surface area contributed by atoms with E-state index < -0.39 is 12.0 Å². The molecule has 0 spiro atoms. The van der Waals surface area contributed by atoms with Crippen LogP contribution < -0.4 is 20.9 Å². The average Bonchev–Trinajstić information content (AvgIpc) is 3.24. The zero-order valence-corrected chi connectivity index (χ0v) is 17.1. The van der Waals surface area contributed by atoms with Gasteiger partial charge in [-0.25, -0.2) is 4.79 Å². The second-order valence-corrected chi connectivity index (χ2v) is 6.64. The first-order chi connectivity index (χ1) is 14.0. The van der Waals surface area contributed by atoms with Crippen LogP contribution in [-0.4, -0.2) is 64.4 Å². The number of ether oxygens (including phenoxy) is 2. The lowest BCUT2D eigenvalue weighted by Gasteiger charge is -2.22. The number of carbonyl (C=O) groups excluding carboxylic acids is 3. The first-order valence-electron chi connectivity index (χ1n) is 9.91. The molecule has 1 aliphatic heterocycles. The van der Waals surface area contributed by atoms with Crippen LogP contribution in [0.5, 0.6) is 0 Å². The molecule has 0 aromatic heterocycles. The van der Waals surface area contributed by atoms with Crippen LogP contribution in [0.4, 0.5) is 16.2 Å². The van der Waals surface area contributed by atoms with Gasteiger partial charge in [0.2, 0.25) is 0 Å². The van der Waals surface area contributed by atoms with Crippen LogP contribution >= 0.6 is 0 Å². The second-order valence-electron chi connectivity index (χ2n) is 6.64. The van der Waals surface area contributed by atoms with E-state index in [2.05, 4.69) is 20.9 Å². The Balaban J connectivity index is 2.06. The molecule has 1 fully saturated rings. The summed E-state index contributed by atoms with van der Waals surface area (Å²) in [7, 11) is 1.62. The lowest BCUT2D eigenvalue weighted by Crippen LogP contribution is -2.34. The summed E-state index contributed by atoms with van der Waals surface area (Å²) in [5.74, 6) is -0.707. The van der Waals surface area contributed by atoms with Crippen molar-refractivity contribution in [3.05, 3.63) is 23.8 Å². The zero-order valence-electron chi connectivity index (χ0n) is 17.1. The number of nitrogens with one attached hydrogen (secondary N) is 3. The van der Waals surface area contributed by atoms with Gasteiger partial charge in [-0.05, 0) is 44.4 Å². The van der Waals surface area contributed by atoms with Gasteiger partial charge in [-0.1, -0.05) is 0 Å². The molecule has 1 aliphatic rings. The van der Waals surface area contributed by atoms with E-state index in [1.165, 1.54) is 0 Å². The molecule has 1 aromatic carbocycles. The van der Waals surface area contributed by atoms with E-state index in [0.29, 0.717) is 24.4 Å². The molecular weight excluding hydrogens is 376 g/mol. The number of methoxy groups -OCH3 is 1. The SMILES string of the molecule is CCOC(=O)CNC(=O)Nc1ccc(N2CCCC2)c(C(=O)NCCCOC)c1. The van der Waals surface area contributed by atoms with E-state index in [-0.39, 0.29) is 19.1 Å². The first kappa shape index (κ1) is 22.5. The van der Waals surface area contributed by atoms with Gasteiger partial charge in [-0.3, -0.25) is 9.59 Å². The Morgan fingerprint density at radius 2 is 1.90 bits per heavy atom. The maximum absolute atomic E-state index is 12.7. The van der Waals surface area contributed by atoms with Crippen LogP contribution in [0.2, 0.25) is 0 Å². The maximum Gasteiger partial charge on any atom is 0.325 e. The molecule has 0 unspecified atom stereocenters. The Morgan fingerprint density at radius 3 is 2.59 bits per heavy atom. The highest BCUT2D eigenvalue weighted by atomic mass is 16.5. The monoisotopic (exact) mass is 406 g/mol. The summed E-state index contributed by atoms with van der Waals surface area (Å²) in [6.45, 7) is 4.60. The highest BCUT2D eigenvalue weighted by molar-refractivity contribution is 6.02. The second kappa shape index (κ2) is 11.9. The Morgan fingerprint density at radius 1 is 1.14 bits per heavy atom. The summed E-state index contributed by atoms with van der Waals surface area (Å²) in [5.41, 5.74) is 1.83. The number of urea groups is 1. The Bertz CT molecular complexity index is 704. The lowest BCUT2D eigenvalue weighted by molar-refractivity contribution is -0.141. The van der Waals surface area contributed by atoms with Gasteiger partial charge in [0.05, 0.1) is 12.2 Å². The van der Waals surface area contributed by atoms with Crippen LogP contribution in [0.25, 0.3) is 0 Å². The molecule has 0 bridgehead atoms. The normalized spacial score (nSPS) is 13.1. The van der Waals surface area contributed by atoms with Crippen molar-refractivity contribution >= 4 is 29.3 Å². The van der Waals surface area contributed by atoms with E-state index >= 15 is 0 Å². The topological polar surface area (TPSA) is 109 Å². The number of esters is 1. The van der Waals surface area contributed by atoms with Crippen LogP contribution in [0.15, 0.2) is 18.2 Å². The van der Waals surface area contributed by atoms with Gasteiger partial charge < -0.3 is 30.3 Å². The van der Waals surface area contributed by atoms with Crippen molar-refractivity contribution < 1.29 is 23.9 Å². The molecule has 0 radical (unpaired) electrons. The summed E-state index contributed by atoms with van der Waals surface area (Å²) >= 11 is 0. The summed E-state index contributed by atoms with van der Waals surface area (Å²) < 4.78 is 9.78. The molecule has 29 heavy (non-hydrogen) atoms. The van der Waals surface area contributed by atoms with Crippen LogP contribution in [-0.2, 0) is 14.3 Å². The number of nitrogens with zero attached hydrogens (tertiary/aromatic N) is 1. The molecule has 0 saturated carbocycles. The Labute approximate surface area is 171 Å². The maximum atomic E-state index is 12.7. The number of anilines is 2. The van der Waals surface area contributed by atoms with E-state index in [9.17, 15) is 14.4 Å². The quantitative estimate of drug-likeness (QED) is 0.403. The fourth-order valence-electron chi connectivity index (χ4n) is 3.08. The zero-order chi connectivity index (χ0) is 21.1. The largest absolute Gasteiger partial charge is 0.465 e. The smallest absolute Gasteiger partial charge is 0.325 e. The van der Waals surface area contributed by atoms with Crippen molar-refractivity contribution in [2.45, 2.75) is 26.2 Å². The molecule has 3 N–H and O–H groups in total. The van der Waals surface area contributed by atoms with E-state index in [1.807, 2.05) is 6.07 Å². The van der Waals surface area contributed by atoms with Crippen LogP contribution in [0, 0.1) is 0 Å². The van der Waals surface area contributed by atoms with Crippen molar-refractivity contribution in [1.82, 2.24) is 10.6 Å². The fourth-order valence-corrected chi connectivity index (χ4v) is 3.08. The number of hydrogen-bond acceptors (Lipinski definition) is 6. The molecule has 1 heterocycles. The van der Waals surface area contributed by atoms with Gasteiger partial charge in [0.25, 0.3) is 5.91 Å². The van der Waals surface area contributed by atoms with Crippen LogP contribution in [0.3, 0.4) is 0 Å². The lowest BCUT2D eigenvalue weighted by atomic mass is 10.1. The standard InChI is InChI=1S/C20H30N4O5/c1-3-29-18(25)14-22-20(27)23-15-7-8-17(24-10-4-5-11-24)16(13-15)19(26)21-9-6-12-28-2/h7-8,13H,3-6,9-12,14H2,1-2H3,(H,21,26)(H2,22,23,27). The molecule has 9 heteroatoms. The molecule has 2 rings (SSSR count). The third-order valence-electron chi connectivity index (χ3n) is 4.46. The van der Waals surface area contributed by atoms with Crippen molar-refractivity contribution in [1.29, 1.82) is 0 Å². The van der Waals surface area contributed by atoms with E-state index in [0.717, 1.165) is 38.0 Å². The van der Waals surface area contributed by atoms with E-state index in [1.54, 1.807) is 26.2 Å². The summed E-state index contributed by atoms with van der Waals surface area (Å²) in [6, 6.07) is 4.71. The van der Waals surface area contributed by atoms with Gasteiger partial charge in [0.15, 0.2) is 0 Å². The predicted molar refractivity (Wildman–Crippen MR) is 110 cm³/mol.